The molecule has 0 aromatic carbocycles. The van der Waals surface area contributed by atoms with Crippen LogP contribution < -0.4 is 34.3 Å². The van der Waals surface area contributed by atoms with Crippen LogP contribution in [0.1, 0.15) is 108 Å². The second kappa shape index (κ2) is 26.4. The quantitative estimate of drug-likeness (QED) is 0.0538. The van der Waals surface area contributed by atoms with Crippen molar-refractivity contribution < 1.29 is 39.0 Å². The summed E-state index contributed by atoms with van der Waals surface area (Å²) in [7, 11) is 0. The molecule has 1 rings (SSSR count). The van der Waals surface area contributed by atoms with Crippen molar-refractivity contribution in [1.29, 1.82) is 0 Å². The number of aliphatic hydroxyl groups is 3. The van der Waals surface area contributed by atoms with Gasteiger partial charge in [-0.05, 0) is 63.3 Å². The highest BCUT2D eigenvalue weighted by Gasteiger charge is 2.34. The Hall–Kier alpha value is -2.03. The van der Waals surface area contributed by atoms with Crippen LogP contribution in [0, 0.1) is 22.7 Å². The summed E-state index contributed by atoms with van der Waals surface area (Å²) in [6.45, 7) is 21.7. The molecule has 17 nitrogen and oxygen atoms in total. The van der Waals surface area contributed by atoms with Gasteiger partial charge in [-0.1, -0.05) is 61.8 Å². The van der Waals surface area contributed by atoms with Gasteiger partial charge in [0.1, 0.15) is 0 Å². The summed E-state index contributed by atoms with van der Waals surface area (Å²) in [5.74, 6) is 0.766. The number of nitrogens with zero attached hydrogens (tertiary/aromatic N) is 3. The van der Waals surface area contributed by atoms with Gasteiger partial charge in [0.05, 0.1) is 82.2 Å². The summed E-state index contributed by atoms with van der Waals surface area (Å²) in [6.07, 6.45) is 0.162. The number of aromatic nitrogens is 3. The number of hydrogen-bond acceptors (Lipinski definition) is 14. The normalized spacial score (nSPS) is 17.6. The smallest absolute Gasteiger partial charge is 0.336 e. The van der Waals surface area contributed by atoms with E-state index in [0.717, 1.165) is 19.3 Å². The predicted molar refractivity (Wildman–Crippen MR) is 231 cm³/mol. The molecule has 59 heavy (non-hydrogen) atoms. The Morgan fingerprint density at radius 2 is 1.03 bits per heavy atom. The van der Waals surface area contributed by atoms with Crippen LogP contribution in [0.5, 0.6) is 0 Å². The fraction of sp³-hybridized carbons (Fsp3) is 0.929. The number of hydrogen-bond donors (Lipinski definition) is 6. The highest BCUT2D eigenvalue weighted by molar-refractivity contribution is 4.85. The van der Waals surface area contributed by atoms with E-state index in [-0.39, 0.29) is 50.4 Å². The first-order valence-corrected chi connectivity index (χ1v) is 21.7. The molecule has 0 amide bonds. The van der Waals surface area contributed by atoms with Crippen molar-refractivity contribution in [2.45, 2.75) is 157 Å². The van der Waals surface area contributed by atoms with Gasteiger partial charge in [0, 0.05) is 44.7 Å². The van der Waals surface area contributed by atoms with E-state index in [4.69, 9.17) is 40.9 Å². The largest absolute Gasteiger partial charge is 0.389 e. The molecule has 0 spiro atoms. The molecule has 7 unspecified atom stereocenters. The van der Waals surface area contributed by atoms with Gasteiger partial charge < -0.3 is 56.2 Å². The summed E-state index contributed by atoms with van der Waals surface area (Å²) in [6, 6.07) is 0. The Labute approximate surface area is 352 Å². The molecule has 0 aliphatic rings. The summed E-state index contributed by atoms with van der Waals surface area (Å²) < 4.78 is 31.7. The van der Waals surface area contributed by atoms with Crippen LogP contribution in [0.25, 0.3) is 0 Å². The zero-order chi connectivity index (χ0) is 45.0. The highest BCUT2D eigenvalue weighted by atomic mass is 16.5. The molecule has 0 radical (unpaired) electrons. The topological polar surface area (TPSA) is 251 Å². The summed E-state index contributed by atoms with van der Waals surface area (Å²) in [4.78, 5) is 40.9. The van der Waals surface area contributed by atoms with Crippen LogP contribution in [-0.2, 0) is 43.3 Å². The maximum Gasteiger partial charge on any atom is 0.336 e. The van der Waals surface area contributed by atoms with E-state index in [1.165, 1.54) is 0 Å². The van der Waals surface area contributed by atoms with E-state index in [1.54, 1.807) is 0 Å². The van der Waals surface area contributed by atoms with Crippen molar-refractivity contribution >= 4 is 0 Å². The van der Waals surface area contributed by atoms with Gasteiger partial charge in [0.2, 0.25) is 0 Å². The Morgan fingerprint density at radius 3 is 1.41 bits per heavy atom. The standard InChI is InChI=1S/C42H84N6O11/c1-11-32(5)40(8,27-44)30-59-41(9,12-2)15-19-56-25-34(50)22-47-36(52)46(21-33(49)24-55-18-14-13-17-43)37(53)48(38(47)54)23-35(51)26-57-20-16-42(10,28-45)58-29-39(6,7)31(3)4/h31-35,49-51H,11-30,43-45H2,1-10H3. The number of nitrogens with two attached hydrogens (primary N) is 3. The van der Waals surface area contributed by atoms with Gasteiger partial charge in [-0.2, -0.15) is 0 Å². The molecule has 1 aromatic rings. The molecule has 1 aromatic heterocycles. The van der Waals surface area contributed by atoms with Crippen LogP contribution in [0.4, 0.5) is 0 Å². The Kier molecular flexibility index (Phi) is 24.6. The van der Waals surface area contributed by atoms with E-state index in [1.807, 2.05) is 20.8 Å². The van der Waals surface area contributed by atoms with Crippen molar-refractivity contribution in [2.75, 3.05) is 72.5 Å². The molecular formula is C42H84N6O11. The van der Waals surface area contributed by atoms with Gasteiger partial charge in [-0.25, -0.2) is 28.1 Å². The third-order valence-corrected chi connectivity index (χ3v) is 12.3. The van der Waals surface area contributed by atoms with Gasteiger partial charge in [-0.3, -0.25) is 0 Å². The summed E-state index contributed by atoms with van der Waals surface area (Å²) in [5.41, 5.74) is 13.2. The van der Waals surface area contributed by atoms with Crippen LogP contribution in [-0.4, -0.2) is 131 Å². The molecule has 7 atom stereocenters. The molecular weight excluding hydrogens is 764 g/mol. The minimum Gasteiger partial charge on any atom is -0.389 e. The lowest BCUT2D eigenvalue weighted by molar-refractivity contribution is -0.0988. The number of ether oxygens (including phenoxy) is 5. The van der Waals surface area contributed by atoms with E-state index in [0.29, 0.717) is 77.7 Å². The van der Waals surface area contributed by atoms with Crippen molar-refractivity contribution in [2.24, 2.45) is 39.9 Å². The van der Waals surface area contributed by atoms with E-state index in [9.17, 15) is 29.7 Å². The van der Waals surface area contributed by atoms with Gasteiger partial charge in [-0.15, -0.1) is 0 Å². The minimum absolute atomic E-state index is 0.0619. The van der Waals surface area contributed by atoms with Crippen LogP contribution >= 0.6 is 0 Å². The first-order chi connectivity index (χ1) is 27.6. The molecule has 0 bridgehead atoms. The molecule has 0 fully saturated rings. The predicted octanol–water partition coefficient (Wildman–Crippen LogP) is 1.44. The number of unbranched alkanes of at least 4 members (excludes halogenated alkanes) is 1. The first-order valence-electron chi connectivity index (χ1n) is 21.7. The summed E-state index contributed by atoms with van der Waals surface area (Å²) in [5, 5.41) is 32.6. The van der Waals surface area contributed by atoms with Gasteiger partial charge >= 0.3 is 17.1 Å². The maximum absolute atomic E-state index is 13.7. The molecule has 17 heteroatoms. The summed E-state index contributed by atoms with van der Waals surface area (Å²) >= 11 is 0. The molecule has 0 saturated carbocycles. The fourth-order valence-corrected chi connectivity index (χ4v) is 5.87. The number of aliphatic hydroxyl groups excluding tert-OH is 3. The SMILES string of the molecule is CCC(C)C(C)(CN)COC(C)(CC)CCOCC(O)Cn1c(=O)n(CC(O)COCCCCN)c(=O)n(CC(O)COCCC(C)(CN)OCC(C)(C)C(C)C)c1=O. The fourth-order valence-electron chi connectivity index (χ4n) is 5.87. The average Bonchev–Trinajstić information content (AvgIpc) is 3.20. The third kappa shape index (κ3) is 18.5. The maximum atomic E-state index is 13.7. The molecule has 9 N–H and O–H groups in total. The third-order valence-electron chi connectivity index (χ3n) is 12.3. The van der Waals surface area contributed by atoms with Gasteiger partial charge in [0.15, 0.2) is 0 Å². The number of rotatable bonds is 34. The first kappa shape index (κ1) is 55.0. The molecule has 0 aliphatic carbocycles. The van der Waals surface area contributed by atoms with Crippen molar-refractivity contribution in [3.63, 3.8) is 0 Å². The monoisotopic (exact) mass is 849 g/mol. The lowest BCUT2D eigenvalue weighted by atomic mass is 9.77. The minimum atomic E-state index is -1.32. The van der Waals surface area contributed by atoms with E-state index >= 15 is 0 Å². The van der Waals surface area contributed by atoms with Gasteiger partial charge in [0.25, 0.3) is 0 Å². The zero-order valence-electron chi connectivity index (χ0n) is 38.2. The molecule has 0 saturated heterocycles. The van der Waals surface area contributed by atoms with Crippen LogP contribution in [0.15, 0.2) is 14.4 Å². The Bertz CT molecular complexity index is 1500. The van der Waals surface area contributed by atoms with Crippen molar-refractivity contribution in [3.05, 3.63) is 31.5 Å². The van der Waals surface area contributed by atoms with Crippen molar-refractivity contribution in [3.8, 4) is 0 Å². The van der Waals surface area contributed by atoms with E-state index in [2.05, 4.69) is 48.5 Å². The van der Waals surface area contributed by atoms with Crippen LogP contribution in [0.3, 0.4) is 0 Å². The average molecular weight is 849 g/mol. The second-order valence-corrected chi connectivity index (χ2v) is 18.2. The molecule has 348 valence electrons. The lowest BCUT2D eigenvalue weighted by Crippen LogP contribution is -2.57. The molecule has 0 aliphatic heterocycles. The van der Waals surface area contributed by atoms with E-state index < -0.39 is 66.2 Å². The molecule has 1 heterocycles. The zero-order valence-corrected chi connectivity index (χ0v) is 38.2. The second-order valence-electron chi connectivity index (χ2n) is 18.2. The Balaban J connectivity index is 3.13. The Morgan fingerprint density at radius 1 is 0.610 bits per heavy atom. The lowest BCUT2D eigenvalue weighted by Gasteiger charge is -2.38. The van der Waals surface area contributed by atoms with Crippen LogP contribution in [0.2, 0.25) is 0 Å². The van der Waals surface area contributed by atoms with Crippen molar-refractivity contribution in [1.82, 2.24) is 13.7 Å². The highest BCUT2D eigenvalue weighted by Crippen LogP contribution is 2.32.